The Hall–Kier alpha value is -1.33. The van der Waals surface area contributed by atoms with Crippen LogP contribution in [0.2, 0.25) is 0 Å². The van der Waals surface area contributed by atoms with E-state index < -0.39 is 18.3 Å². The lowest BCUT2D eigenvalue weighted by molar-refractivity contribution is 0.00578. The lowest BCUT2D eigenvalue weighted by Crippen LogP contribution is -2.41. The van der Waals surface area contributed by atoms with Gasteiger partial charge in [0.05, 0.1) is 16.7 Å². The number of aromatic nitrogens is 1. The van der Waals surface area contributed by atoms with Crippen LogP contribution in [-0.2, 0) is 9.31 Å². The summed E-state index contributed by atoms with van der Waals surface area (Å²) in [6.07, 6.45) is 4.40. The van der Waals surface area contributed by atoms with Crippen LogP contribution in [0.4, 0.5) is 4.39 Å². The van der Waals surface area contributed by atoms with Crippen LogP contribution in [0.5, 0.6) is 0 Å². The number of hydrogen-bond acceptors (Lipinski definition) is 2. The Morgan fingerprint density at radius 3 is 2.36 bits per heavy atom. The third kappa shape index (κ3) is 2.03. The number of hydrogen-bond donors (Lipinski definition) is 0. The predicted octanol–water partition coefficient (Wildman–Crippen LogP) is 3.41. The molecule has 1 aromatic heterocycles. The van der Waals surface area contributed by atoms with Crippen molar-refractivity contribution in [2.75, 3.05) is 0 Å². The van der Waals surface area contributed by atoms with Gasteiger partial charge in [-0.05, 0) is 69.6 Å². The molecule has 1 aliphatic heterocycles. The summed E-state index contributed by atoms with van der Waals surface area (Å²) in [7, 11) is -0.529. The summed E-state index contributed by atoms with van der Waals surface area (Å²) in [6, 6.07) is 5.72. The van der Waals surface area contributed by atoms with Gasteiger partial charge in [0.25, 0.3) is 0 Å². The van der Waals surface area contributed by atoms with Crippen molar-refractivity contribution in [3.05, 3.63) is 30.2 Å². The fourth-order valence-electron chi connectivity index (χ4n) is 3.09. The Kier molecular flexibility index (Phi) is 2.83. The van der Waals surface area contributed by atoms with Crippen LogP contribution < -0.4 is 5.46 Å². The molecule has 2 heterocycles. The van der Waals surface area contributed by atoms with E-state index in [2.05, 4.69) is 10.8 Å². The van der Waals surface area contributed by atoms with Crippen molar-refractivity contribution in [1.29, 1.82) is 0 Å². The Balaban J connectivity index is 1.82. The van der Waals surface area contributed by atoms with E-state index in [1.165, 1.54) is 12.8 Å². The predicted molar refractivity (Wildman–Crippen MR) is 85.9 cm³/mol. The summed E-state index contributed by atoms with van der Waals surface area (Å²) in [6.45, 7) is 8.05. The molecule has 1 aliphatic carbocycles. The van der Waals surface area contributed by atoms with Gasteiger partial charge in [0.15, 0.2) is 0 Å². The van der Waals surface area contributed by atoms with E-state index in [0.29, 0.717) is 6.04 Å². The minimum absolute atomic E-state index is 0.238. The highest BCUT2D eigenvalue weighted by Gasteiger charge is 2.52. The average Bonchev–Trinajstić information content (AvgIpc) is 3.12. The normalized spacial score (nSPS) is 23.4. The van der Waals surface area contributed by atoms with Gasteiger partial charge in [0.1, 0.15) is 5.82 Å². The van der Waals surface area contributed by atoms with Crippen molar-refractivity contribution in [2.24, 2.45) is 0 Å². The van der Waals surface area contributed by atoms with Gasteiger partial charge >= 0.3 is 7.12 Å². The maximum Gasteiger partial charge on any atom is 0.495 e. The second-order valence-corrected chi connectivity index (χ2v) is 7.47. The highest BCUT2D eigenvalue weighted by atomic mass is 19.1. The zero-order chi connectivity index (χ0) is 15.7. The summed E-state index contributed by atoms with van der Waals surface area (Å²) >= 11 is 0. The molecule has 22 heavy (non-hydrogen) atoms. The fraction of sp³-hybridized carbons (Fsp3) is 0.529. The molecule has 1 aromatic carbocycles. The maximum atomic E-state index is 14.2. The van der Waals surface area contributed by atoms with E-state index in [0.717, 1.165) is 16.4 Å². The molecule has 2 fully saturated rings. The summed E-state index contributed by atoms with van der Waals surface area (Å²) < 4.78 is 28.5. The van der Waals surface area contributed by atoms with Crippen molar-refractivity contribution >= 4 is 23.5 Å². The lowest BCUT2D eigenvalue weighted by atomic mass is 9.77. The molecule has 0 amide bonds. The van der Waals surface area contributed by atoms with Crippen LogP contribution in [0.15, 0.2) is 24.4 Å². The Morgan fingerprint density at radius 2 is 1.77 bits per heavy atom. The second kappa shape index (κ2) is 4.36. The number of benzene rings is 1. The van der Waals surface area contributed by atoms with E-state index in [9.17, 15) is 4.39 Å². The van der Waals surface area contributed by atoms with Gasteiger partial charge in [-0.25, -0.2) is 4.39 Å². The second-order valence-electron chi connectivity index (χ2n) is 7.47. The van der Waals surface area contributed by atoms with E-state index in [1.54, 1.807) is 12.1 Å². The smallest absolute Gasteiger partial charge is 0.399 e. The number of halogens is 1. The Morgan fingerprint density at radius 1 is 1.14 bits per heavy atom. The first-order valence-corrected chi connectivity index (χ1v) is 7.94. The first kappa shape index (κ1) is 14.3. The molecule has 0 spiro atoms. The monoisotopic (exact) mass is 301 g/mol. The Bertz CT molecular complexity index is 732. The first-order chi connectivity index (χ1) is 10.3. The fourth-order valence-corrected chi connectivity index (χ4v) is 3.09. The van der Waals surface area contributed by atoms with Crippen LogP contribution in [0.1, 0.15) is 46.6 Å². The van der Waals surface area contributed by atoms with Crippen molar-refractivity contribution in [3.63, 3.8) is 0 Å². The van der Waals surface area contributed by atoms with E-state index >= 15 is 0 Å². The molecule has 3 nitrogen and oxygen atoms in total. The number of rotatable bonds is 2. The summed E-state index contributed by atoms with van der Waals surface area (Å²) in [4.78, 5) is 0. The maximum absolute atomic E-state index is 14.2. The Labute approximate surface area is 130 Å². The molecule has 0 N–H and O–H groups in total. The molecule has 2 aliphatic rings. The van der Waals surface area contributed by atoms with Crippen molar-refractivity contribution in [1.82, 2.24) is 4.57 Å². The molecule has 0 atom stereocenters. The van der Waals surface area contributed by atoms with Crippen molar-refractivity contribution < 1.29 is 13.7 Å². The molecule has 1 saturated carbocycles. The zero-order valence-electron chi connectivity index (χ0n) is 13.5. The van der Waals surface area contributed by atoms with Crippen molar-refractivity contribution in [2.45, 2.75) is 57.8 Å². The first-order valence-electron chi connectivity index (χ1n) is 7.94. The molecule has 0 unspecified atom stereocenters. The summed E-state index contributed by atoms with van der Waals surface area (Å²) in [5.74, 6) is -0.238. The quantitative estimate of drug-likeness (QED) is 0.794. The largest absolute Gasteiger partial charge is 0.495 e. The van der Waals surface area contributed by atoms with Gasteiger partial charge in [0, 0.05) is 12.2 Å². The molecular formula is C17H21BFNO2. The summed E-state index contributed by atoms with van der Waals surface area (Å²) in [5, 5.41) is 1.02. The van der Waals surface area contributed by atoms with Crippen LogP contribution in [0.25, 0.3) is 10.9 Å². The molecule has 2 aromatic rings. The van der Waals surface area contributed by atoms with Gasteiger partial charge in [-0.2, -0.15) is 0 Å². The van der Waals surface area contributed by atoms with Crippen LogP contribution in [-0.4, -0.2) is 22.9 Å². The lowest BCUT2D eigenvalue weighted by Gasteiger charge is -2.32. The standard InChI is InChI=1S/C17H21BFNO2/c1-16(2)17(3,4)22-18(21-16)14-9-11(19)10-15-13(14)7-8-20(15)12-5-6-12/h7-10,12H,5-6H2,1-4H3. The van der Waals surface area contributed by atoms with Crippen LogP contribution >= 0.6 is 0 Å². The van der Waals surface area contributed by atoms with Crippen LogP contribution in [0.3, 0.4) is 0 Å². The molecule has 116 valence electrons. The zero-order valence-corrected chi connectivity index (χ0v) is 13.5. The van der Waals surface area contributed by atoms with Gasteiger partial charge in [-0.15, -0.1) is 0 Å². The topological polar surface area (TPSA) is 23.4 Å². The number of nitrogens with zero attached hydrogens (tertiary/aromatic N) is 1. The average molecular weight is 301 g/mol. The molecule has 0 bridgehead atoms. The van der Waals surface area contributed by atoms with Crippen molar-refractivity contribution in [3.8, 4) is 0 Å². The third-order valence-electron chi connectivity index (χ3n) is 5.28. The highest BCUT2D eigenvalue weighted by molar-refractivity contribution is 6.65. The highest BCUT2D eigenvalue weighted by Crippen LogP contribution is 2.39. The van der Waals surface area contributed by atoms with Crippen LogP contribution in [0, 0.1) is 5.82 Å². The van der Waals surface area contributed by atoms with Gasteiger partial charge in [-0.3, -0.25) is 0 Å². The molecule has 0 radical (unpaired) electrons. The number of fused-ring (bicyclic) bond motifs is 1. The van der Waals surface area contributed by atoms with E-state index in [4.69, 9.17) is 9.31 Å². The van der Waals surface area contributed by atoms with Gasteiger partial charge < -0.3 is 13.9 Å². The SMILES string of the molecule is CC1(C)OB(c2cc(F)cc3c2ccn3C2CC2)OC1(C)C. The van der Waals surface area contributed by atoms with Gasteiger partial charge in [-0.1, -0.05) is 0 Å². The van der Waals surface area contributed by atoms with E-state index in [1.807, 2.05) is 33.8 Å². The molecule has 4 rings (SSSR count). The minimum atomic E-state index is -0.529. The third-order valence-corrected chi connectivity index (χ3v) is 5.28. The minimum Gasteiger partial charge on any atom is -0.399 e. The van der Waals surface area contributed by atoms with Gasteiger partial charge in [0.2, 0.25) is 0 Å². The van der Waals surface area contributed by atoms with E-state index in [-0.39, 0.29) is 5.82 Å². The molecular weight excluding hydrogens is 280 g/mol. The molecule has 5 heteroatoms. The summed E-state index contributed by atoms with van der Waals surface area (Å²) in [5.41, 5.74) is 0.880. The molecule has 1 saturated heterocycles.